The van der Waals surface area contributed by atoms with E-state index in [0.717, 1.165) is 0 Å². The van der Waals surface area contributed by atoms with E-state index in [4.69, 9.17) is 30.6 Å². The van der Waals surface area contributed by atoms with Crippen molar-refractivity contribution >= 4 is 11.9 Å². The Morgan fingerprint density at radius 3 is 1.04 bits per heavy atom. The normalized spacial score (nSPS) is 14.6. The third-order valence-electron chi connectivity index (χ3n) is 3.84. The zero-order valence-electron chi connectivity index (χ0n) is 14.0. The molecule has 0 spiro atoms. The fraction of sp³-hybridized carbons (Fsp3) is 0.857. The maximum Gasteiger partial charge on any atom is 0.338 e. The van der Waals surface area contributed by atoms with Crippen molar-refractivity contribution in [2.75, 3.05) is 52.9 Å². The highest BCUT2D eigenvalue weighted by Crippen LogP contribution is 2.17. The first-order chi connectivity index (χ1) is 12.2. The molecule has 0 aliphatic heterocycles. The molecular weight excluding hydrogens is 360 g/mol. The summed E-state index contributed by atoms with van der Waals surface area (Å²) in [5, 5.41) is 73.7. The second-order valence-corrected chi connectivity index (χ2v) is 6.05. The molecule has 0 aromatic rings. The van der Waals surface area contributed by atoms with Crippen molar-refractivity contribution in [3.63, 3.8) is 0 Å². The average Bonchev–Trinajstić information content (AvgIpc) is 2.69. The van der Waals surface area contributed by atoms with Gasteiger partial charge in [0, 0.05) is 0 Å². The molecule has 2 atom stereocenters. The average molecular weight is 386 g/mol. The summed E-state index contributed by atoms with van der Waals surface area (Å²) in [6.07, 6.45) is -4.74. The van der Waals surface area contributed by atoms with Gasteiger partial charge in [0.05, 0.1) is 50.5 Å². The molecule has 8 N–H and O–H groups in total. The summed E-state index contributed by atoms with van der Waals surface area (Å²) >= 11 is 0. The van der Waals surface area contributed by atoms with Gasteiger partial charge < -0.3 is 50.3 Å². The molecule has 0 aromatic heterocycles. The molecular formula is C14H26O12. The topological polar surface area (TPSA) is 214 Å². The van der Waals surface area contributed by atoms with Crippen LogP contribution in [0.15, 0.2) is 0 Å². The maximum atomic E-state index is 11.6. The third-order valence-corrected chi connectivity index (χ3v) is 3.84. The number of aliphatic hydroxyl groups excluding tert-OH is 8. The number of hydrogen-bond acceptors (Lipinski definition) is 12. The van der Waals surface area contributed by atoms with Crippen LogP contribution in [0.1, 0.15) is 0 Å². The molecule has 0 rings (SSSR count). The minimum absolute atomic E-state index is 0.698. The van der Waals surface area contributed by atoms with E-state index in [0.29, 0.717) is 0 Å². The molecule has 0 saturated carbocycles. The maximum absolute atomic E-state index is 11.6. The lowest BCUT2D eigenvalue weighted by Crippen LogP contribution is -2.46. The van der Waals surface area contributed by atoms with Crippen LogP contribution in [-0.4, -0.2) is 118 Å². The van der Waals surface area contributed by atoms with Gasteiger partial charge in [0.1, 0.15) is 13.2 Å². The Morgan fingerprint density at radius 2 is 0.846 bits per heavy atom. The molecule has 12 nitrogen and oxygen atoms in total. The quantitative estimate of drug-likeness (QED) is 0.139. The number of aliphatic hydroxyl groups is 8. The zero-order valence-corrected chi connectivity index (χ0v) is 14.0. The summed E-state index contributed by atoms with van der Waals surface area (Å²) in [6.45, 7) is -5.81. The zero-order chi connectivity index (χ0) is 20.4. The highest BCUT2D eigenvalue weighted by Gasteiger charge is 2.37. The summed E-state index contributed by atoms with van der Waals surface area (Å²) in [4.78, 5) is 23.3. The summed E-state index contributed by atoms with van der Waals surface area (Å²) in [5.74, 6) is -2.96. The van der Waals surface area contributed by atoms with E-state index < -0.39 is 87.8 Å². The van der Waals surface area contributed by atoms with Crippen LogP contribution in [0.4, 0.5) is 0 Å². The Balaban J connectivity index is 4.71. The first-order valence-electron chi connectivity index (χ1n) is 7.55. The van der Waals surface area contributed by atoms with Gasteiger partial charge in [0.2, 0.25) is 0 Å². The largest absolute Gasteiger partial charge is 0.463 e. The fourth-order valence-electron chi connectivity index (χ4n) is 1.45. The standard InChI is InChI=1S/C14H26O12/c15-1-13(2-16,3-17)7-25-11(23)9(21)10(22)12(24)26-8-14(4-18,5-19)6-20/h9-10,15-22H,1-8H2. The van der Waals surface area contributed by atoms with E-state index in [2.05, 4.69) is 9.47 Å². The second-order valence-electron chi connectivity index (χ2n) is 6.05. The van der Waals surface area contributed by atoms with Crippen molar-refractivity contribution < 1.29 is 59.9 Å². The van der Waals surface area contributed by atoms with Crippen molar-refractivity contribution in [1.82, 2.24) is 0 Å². The Morgan fingerprint density at radius 1 is 0.615 bits per heavy atom. The van der Waals surface area contributed by atoms with E-state index in [-0.39, 0.29) is 0 Å². The van der Waals surface area contributed by atoms with Gasteiger partial charge in [-0.25, -0.2) is 9.59 Å². The minimum Gasteiger partial charge on any atom is -0.463 e. The van der Waals surface area contributed by atoms with Gasteiger partial charge in [-0.3, -0.25) is 0 Å². The molecule has 0 heterocycles. The van der Waals surface area contributed by atoms with Gasteiger partial charge in [-0.15, -0.1) is 0 Å². The number of carbonyl (C=O) groups is 2. The molecule has 0 aliphatic rings. The highest BCUT2D eigenvalue weighted by atomic mass is 16.6. The second kappa shape index (κ2) is 11.4. The van der Waals surface area contributed by atoms with E-state index in [1.807, 2.05) is 0 Å². The van der Waals surface area contributed by atoms with Crippen LogP contribution in [-0.2, 0) is 19.1 Å². The van der Waals surface area contributed by atoms with Crippen molar-refractivity contribution in [2.45, 2.75) is 12.2 Å². The SMILES string of the molecule is O=C(OCC(CO)(CO)CO)C(O)C(O)C(=O)OCC(CO)(CO)CO. The summed E-state index contributed by atoms with van der Waals surface area (Å²) < 4.78 is 9.13. The van der Waals surface area contributed by atoms with E-state index in [9.17, 15) is 19.8 Å². The van der Waals surface area contributed by atoms with Crippen molar-refractivity contribution in [2.24, 2.45) is 10.8 Å². The van der Waals surface area contributed by atoms with Crippen molar-refractivity contribution in [3.05, 3.63) is 0 Å². The first-order valence-corrected chi connectivity index (χ1v) is 7.55. The van der Waals surface area contributed by atoms with E-state index >= 15 is 0 Å². The number of hydrogen-bond donors (Lipinski definition) is 8. The molecule has 0 amide bonds. The van der Waals surface area contributed by atoms with Crippen LogP contribution < -0.4 is 0 Å². The Hall–Kier alpha value is -1.38. The van der Waals surface area contributed by atoms with Gasteiger partial charge in [0.25, 0.3) is 0 Å². The molecule has 0 fully saturated rings. The van der Waals surface area contributed by atoms with Gasteiger partial charge in [-0.2, -0.15) is 0 Å². The van der Waals surface area contributed by atoms with Crippen LogP contribution in [0.25, 0.3) is 0 Å². The van der Waals surface area contributed by atoms with Gasteiger partial charge >= 0.3 is 11.9 Å². The fourth-order valence-corrected chi connectivity index (χ4v) is 1.45. The third kappa shape index (κ3) is 6.41. The van der Waals surface area contributed by atoms with E-state index in [1.165, 1.54) is 0 Å². The lowest BCUT2D eigenvalue weighted by atomic mass is 9.92. The van der Waals surface area contributed by atoms with Gasteiger partial charge in [0.15, 0.2) is 12.2 Å². The van der Waals surface area contributed by atoms with Crippen LogP contribution in [0.5, 0.6) is 0 Å². The lowest BCUT2D eigenvalue weighted by Gasteiger charge is -2.28. The van der Waals surface area contributed by atoms with E-state index in [1.54, 1.807) is 0 Å². The predicted octanol–water partition coefficient (Wildman–Crippen LogP) is -5.28. The Kier molecular flexibility index (Phi) is 10.8. The van der Waals surface area contributed by atoms with Gasteiger partial charge in [-0.1, -0.05) is 0 Å². The van der Waals surface area contributed by atoms with Gasteiger partial charge in [-0.05, 0) is 0 Å². The highest BCUT2D eigenvalue weighted by molar-refractivity contribution is 5.85. The molecule has 154 valence electrons. The van der Waals surface area contributed by atoms with Crippen LogP contribution in [0, 0.1) is 10.8 Å². The van der Waals surface area contributed by atoms with Crippen LogP contribution in [0.3, 0.4) is 0 Å². The molecule has 26 heavy (non-hydrogen) atoms. The van der Waals surface area contributed by atoms with Crippen molar-refractivity contribution in [1.29, 1.82) is 0 Å². The predicted molar refractivity (Wildman–Crippen MR) is 81.3 cm³/mol. The monoisotopic (exact) mass is 386 g/mol. The molecule has 0 aromatic carbocycles. The Labute approximate surface area is 148 Å². The molecule has 0 radical (unpaired) electrons. The minimum atomic E-state index is -2.37. The molecule has 0 saturated heterocycles. The number of rotatable bonds is 13. The lowest BCUT2D eigenvalue weighted by molar-refractivity contribution is -0.180. The van der Waals surface area contributed by atoms with Crippen molar-refractivity contribution in [3.8, 4) is 0 Å². The number of carbonyl (C=O) groups excluding carboxylic acids is 2. The first kappa shape index (κ1) is 24.6. The summed E-state index contributed by atoms with van der Waals surface area (Å²) in [6, 6.07) is 0. The summed E-state index contributed by atoms with van der Waals surface area (Å²) in [5.41, 5.74) is -3.13. The number of esters is 2. The van der Waals surface area contributed by atoms with Crippen LogP contribution >= 0.6 is 0 Å². The molecule has 2 unspecified atom stereocenters. The number of ether oxygens (including phenoxy) is 2. The molecule has 0 bridgehead atoms. The summed E-state index contributed by atoms with van der Waals surface area (Å²) in [7, 11) is 0. The Bertz CT molecular complexity index is 375. The van der Waals surface area contributed by atoms with Crippen LogP contribution in [0.2, 0.25) is 0 Å². The molecule has 12 heteroatoms. The molecule has 0 aliphatic carbocycles. The smallest absolute Gasteiger partial charge is 0.338 e.